The molecule has 6 heteroatoms. The highest BCUT2D eigenvalue weighted by Crippen LogP contribution is 2.32. The molecule has 0 saturated carbocycles. The first-order valence-electron chi connectivity index (χ1n) is 6.24. The number of fused-ring (bicyclic) bond motifs is 1. The summed E-state index contributed by atoms with van der Waals surface area (Å²) in [6, 6.07) is 2.38. The number of aryl methyl sites for hydroxylation is 1. The zero-order valence-corrected chi connectivity index (χ0v) is 13.2. The van der Waals surface area contributed by atoms with Gasteiger partial charge in [0.25, 0.3) is 0 Å². The van der Waals surface area contributed by atoms with E-state index in [0.29, 0.717) is 11.9 Å². The van der Waals surface area contributed by atoms with E-state index in [1.165, 1.54) is 4.88 Å². The molecule has 0 aliphatic carbocycles. The summed E-state index contributed by atoms with van der Waals surface area (Å²) >= 11 is 7.70. The lowest BCUT2D eigenvalue weighted by Gasteiger charge is -2.25. The number of hydrogen-bond acceptors (Lipinski definition) is 5. The molecule has 0 aliphatic heterocycles. The van der Waals surface area contributed by atoms with Crippen LogP contribution in [0.3, 0.4) is 0 Å². The average molecular weight is 300 g/mol. The number of ether oxygens (including phenoxy) is 1. The number of aromatic nitrogens is 2. The van der Waals surface area contributed by atoms with Crippen LogP contribution in [0.15, 0.2) is 6.07 Å². The Hall–Kier alpha value is -0.910. The summed E-state index contributed by atoms with van der Waals surface area (Å²) in [5.74, 6) is 0.871. The van der Waals surface area contributed by atoms with Crippen molar-refractivity contribution < 1.29 is 4.74 Å². The Morgan fingerprint density at radius 2 is 2.21 bits per heavy atom. The Labute approximate surface area is 122 Å². The van der Waals surface area contributed by atoms with Crippen LogP contribution in [0, 0.1) is 0 Å². The van der Waals surface area contributed by atoms with Crippen LogP contribution in [0.1, 0.15) is 18.7 Å². The third kappa shape index (κ3) is 2.99. The third-order valence-corrected chi connectivity index (χ3v) is 4.49. The molecule has 2 aromatic heterocycles. The Bertz CT molecular complexity index is 572. The highest BCUT2D eigenvalue weighted by Gasteiger charge is 2.17. The molecule has 0 spiro atoms. The smallest absolute Gasteiger partial charge is 0.225 e. The molecule has 0 fully saturated rings. The highest BCUT2D eigenvalue weighted by molar-refractivity contribution is 7.18. The van der Waals surface area contributed by atoms with E-state index in [1.807, 2.05) is 7.05 Å². The average Bonchev–Trinajstić information content (AvgIpc) is 2.79. The van der Waals surface area contributed by atoms with E-state index >= 15 is 0 Å². The Balaban J connectivity index is 2.48. The maximum absolute atomic E-state index is 6.03. The van der Waals surface area contributed by atoms with Gasteiger partial charge in [0.05, 0.1) is 18.0 Å². The standard InChI is InChI=1S/C13H18ClN3OS/c1-5-9-6-10-11(17(3)8(2)7-18-4)15-13(14)16-12(10)19-9/h6,8H,5,7H2,1-4H3. The number of thiophene rings is 1. The molecule has 0 aromatic carbocycles. The molecule has 0 N–H and O–H groups in total. The predicted octanol–water partition coefficient (Wildman–Crippen LogP) is 3.38. The van der Waals surface area contributed by atoms with Crippen molar-refractivity contribution in [3.8, 4) is 0 Å². The second-order valence-corrected chi connectivity index (χ2v) is 5.97. The minimum Gasteiger partial charge on any atom is -0.383 e. The highest BCUT2D eigenvalue weighted by atomic mass is 35.5. The lowest BCUT2D eigenvalue weighted by atomic mass is 10.2. The Morgan fingerprint density at radius 1 is 1.47 bits per heavy atom. The first-order valence-corrected chi connectivity index (χ1v) is 7.44. The monoisotopic (exact) mass is 299 g/mol. The fourth-order valence-electron chi connectivity index (χ4n) is 1.94. The van der Waals surface area contributed by atoms with Gasteiger partial charge in [-0.05, 0) is 31.0 Å². The lowest BCUT2D eigenvalue weighted by molar-refractivity contribution is 0.183. The Morgan fingerprint density at radius 3 is 2.84 bits per heavy atom. The van der Waals surface area contributed by atoms with E-state index in [2.05, 4.69) is 34.8 Å². The molecule has 0 saturated heterocycles. The number of likely N-dealkylation sites (N-methyl/N-ethyl adjacent to an activating group) is 1. The normalized spacial score (nSPS) is 12.9. The van der Waals surface area contributed by atoms with Crippen molar-refractivity contribution in [2.75, 3.05) is 25.7 Å². The van der Waals surface area contributed by atoms with Gasteiger partial charge >= 0.3 is 0 Å². The number of methoxy groups -OCH3 is 1. The molecule has 0 aliphatic rings. The molecule has 0 bridgehead atoms. The number of rotatable bonds is 5. The predicted molar refractivity (Wildman–Crippen MR) is 81.5 cm³/mol. The van der Waals surface area contributed by atoms with Gasteiger partial charge in [0.1, 0.15) is 10.6 Å². The van der Waals surface area contributed by atoms with Crippen molar-refractivity contribution >= 4 is 39.0 Å². The fraction of sp³-hybridized carbons (Fsp3) is 0.538. The molecule has 2 rings (SSSR count). The number of halogens is 1. The molecule has 1 unspecified atom stereocenters. The van der Waals surface area contributed by atoms with Gasteiger partial charge in [-0.15, -0.1) is 11.3 Å². The van der Waals surface area contributed by atoms with E-state index in [4.69, 9.17) is 16.3 Å². The summed E-state index contributed by atoms with van der Waals surface area (Å²) in [4.78, 5) is 13.0. The lowest BCUT2D eigenvalue weighted by Crippen LogP contribution is -2.33. The quantitative estimate of drug-likeness (QED) is 0.793. The summed E-state index contributed by atoms with van der Waals surface area (Å²) in [5, 5.41) is 1.36. The molecule has 1 atom stereocenters. The van der Waals surface area contributed by atoms with Crippen LogP contribution in [0.2, 0.25) is 5.28 Å². The van der Waals surface area contributed by atoms with Crippen molar-refractivity contribution in [2.24, 2.45) is 0 Å². The summed E-state index contributed by atoms with van der Waals surface area (Å²) in [7, 11) is 3.71. The van der Waals surface area contributed by atoms with E-state index in [9.17, 15) is 0 Å². The van der Waals surface area contributed by atoms with Gasteiger partial charge in [0.15, 0.2) is 0 Å². The Kier molecular flexibility index (Phi) is 4.60. The third-order valence-electron chi connectivity index (χ3n) is 3.15. The summed E-state index contributed by atoms with van der Waals surface area (Å²) in [6.45, 7) is 4.87. The zero-order chi connectivity index (χ0) is 14.0. The SMILES string of the molecule is CCc1cc2c(N(C)C(C)COC)nc(Cl)nc2s1. The summed E-state index contributed by atoms with van der Waals surface area (Å²) in [5.41, 5.74) is 0. The first kappa shape index (κ1) is 14.5. The van der Waals surface area contributed by atoms with Crippen molar-refractivity contribution in [3.05, 3.63) is 16.2 Å². The van der Waals surface area contributed by atoms with Gasteiger partial charge in [-0.25, -0.2) is 4.98 Å². The maximum Gasteiger partial charge on any atom is 0.225 e. The van der Waals surface area contributed by atoms with Gasteiger partial charge in [0, 0.05) is 19.0 Å². The minimum atomic E-state index is 0.226. The van der Waals surface area contributed by atoms with Crippen LogP contribution in [0.4, 0.5) is 5.82 Å². The van der Waals surface area contributed by atoms with E-state index < -0.39 is 0 Å². The molecule has 0 amide bonds. The van der Waals surface area contributed by atoms with E-state index in [0.717, 1.165) is 22.5 Å². The maximum atomic E-state index is 6.03. The van der Waals surface area contributed by atoms with Gasteiger partial charge in [-0.3, -0.25) is 0 Å². The first-order chi connectivity index (χ1) is 9.06. The summed E-state index contributed by atoms with van der Waals surface area (Å²) in [6.07, 6.45) is 0.995. The van der Waals surface area contributed by atoms with Crippen molar-refractivity contribution in [1.82, 2.24) is 9.97 Å². The van der Waals surface area contributed by atoms with Crippen LogP contribution < -0.4 is 4.90 Å². The molecular formula is C13H18ClN3OS. The molecule has 19 heavy (non-hydrogen) atoms. The van der Waals surface area contributed by atoms with E-state index in [-0.39, 0.29) is 6.04 Å². The molecule has 4 nitrogen and oxygen atoms in total. The van der Waals surface area contributed by atoms with Crippen molar-refractivity contribution in [2.45, 2.75) is 26.3 Å². The number of anilines is 1. The van der Waals surface area contributed by atoms with Gasteiger partial charge in [-0.1, -0.05) is 6.92 Å². The fourth-order valence-corrected chi connectivity index (χ4v) is 3.11. The van der Waals surface area contributed by atoms with Crippen molar-refractivity contribution in [1.29, 1.82) is 0 Å². The van der Waals surface area contributed by atoms with Crippen LogP contribution in [0.5, 0.6) is 0 Å². The van der Waals surface area contributed by atoms with Gasteiger partial charge in [0.2, 0.25) is 5.28 Å². The zero-order valence-electron chi connectivity index (χ0n) is 11.6. The molecular weight excluding hydrogens is 282 g/mol. The summed E-state index contributed by atoms with van der Waals surface area (Å²) < 4.78 is 5.20. The largest absolute Gasteiger partial charge is 0.383 e. The van der Waals surface area contributed by atoms with E-state index in [1.54, 1.807) is 18.4 Å². The van der Waals surface area contributed by atoms with Crippen LogP contribution in [0.25, 0.3) is 10.2 Å². The molecule has 2 heterocycles. The van der Waals surface area contributed by atoms with Gasteiger partial charge < -0.3 is 9.64 Å². The minimum absolute atomic E-state index is 0.226. The molecule has 104 valence electrons. The molecule has 0 radical (unpaired) electrons. The van der Waals surface area contributed by atoms with Crippen LogP contribution >= 0.6 is 22.9 Å². The molecule has 2 aromatic rings. The topological polar surface area (TPSA) is 38.2 Å². The number of hydrogen-bond donors (Lipinski definition) is 0. The number of nitrogens with zero attached hydrogens (tertiary/aromatic N) is 3. The van der Waals surface area contributed by atoms with Crippen molar-refractivity contribution in [3.63, 3.8) is 0 Å². The van der Waals surface area contributed by atoms with Crippen LogP contribution in [-0.4, -0.2) is 36.8 Å². The van der Waals surface area contributed by atoms with Crippen LogP contribution in [-0.2, 0) is 11.2 Å². The second kappa shape index (κ2) is 6.03. The van der Waals surface area contributed by atoms with Gasteiger partial charge in [-0.2, -0.15) is 4.98 Å². The second-order valence-electron chi connectivity index (χ2n) is 4.52.